The van der Waals surface area contributed by atoms with Gasteiger partial charge in [0.15, 0.2) is 0 Å². The number of hydrogen-bond acceptors (Lipinski definition) is 6. The van der Waals surface area contributed by atoms with Gasteiger partial charge in [-0.05, 0) is 49.3 Å². The maximum atomic E-state index is 4.99. The molecule has 6 nitrogen and oxygen atoms in total. The van der Waals surface area contributed by atoms with Crippen LogP contribution < -0.4 is 4.90 Å². The zero-order chi connectivity index (χ0) is 18.6. The summed E-state index contributed by atoms with van der Waals surface area (Å²) in [5.41, 5.74) is 6.02. The molecule has 2 fully saturated rings. The van der Waals surface area contributed by atoms with Gasteiger partial charge in [0.1, 0.15) is 11.5 Å². The lowest BCUT2D eigenvalue weighted by Crippen LogP contribution is -2.36. The molecule has 1 aliphatic carbocycles. The summed E-state index contributed by atoms with van der Waals surface area (Å²) in [4.78, 5) is 17.2. The highest BCUT2D eigenvalue weighted by atomic mass is 32.1. The summed E-state index contributed by atoms with van der Waals surface area (Å²) in [5, 5.41) is 8.70. The van der Waals surface area contributed by atoms with E-state index in [1.807, 2.05) is 24.0 Å². The van der Waals surface area contributed by atoms with Crippen molar-refractivity contribution in [1.82, 2.24) is 25.1 Å². The highest BCUT2D eigenvalue weighted by molar-refractivity contribution is 7.13. The summed E-state index contributed by atoms with van der Waals surface area (Å²) < 4.78 is 0. The van der Waals surface area contributed by atoms with Gasteiger partial charge in [0, 0.05) is 24.7 Å². The van der Waals surface area contributed by atoms with E-state index in [9.17, 15) is 0 Å². The number of piperidine rings is 1. The molecule has 0 atom stereocenters. The molecule has 140 valence electrons. The molecule has 1 spiro atoms. The number of thiazole rings is 1. The van der Waals surface area contributed by atoms with E-state index in [2.05, 4.69) is 43.3 Å². The van der Waals surface area contributed by atoms with Crippen LogP contribution in [0.4, 0.5) is 5.82 Å². The SMILES string of the molecule is c1cc(-c2n[nH]c3cnc(-c4cncs4)cc23)nc(N2CCCC3(CC3)C2)c1. The smallest absolute Gasteiger partial charge is 0.129 e. The van der Waals surface area contributed by atoms with Crippen LogP contribution in [0.2, 0.25) is 0 Å². The van der Waals surface area contributed by atoms with Crippen LogP contribution in [-0.4, -0.2) is 38.2 Å². The molecule has 0 radical (unpaired) electrons. The summed E-state index contributed by atoms with van der Waals surface area (Å²) in [6.07, 6.45) is 9.08. The monoisotopic (exact) mass is 388 g/mol. The molecule has 0 unspecified atom stereocenters. The first kappa shape index (κ1) is 16.2. The van der Waals surface area contributed by atoms with Crippen molar-refractivity contribution in [1.29, 1.82) is 0 Å². The van der Waals surface area contributed by atoms with Gasteiger partial charge in [-0.3, -0.25) is 15.1 Å². The van der Waals surface area contributed by atoms with E-state index in [0.29, 0.717) is 5.41 Å². The summed E-state index contributed by atoms with van der Waals surface area (Å²) in [6.45, 7) is 2.24. The Balaban J connectivity index is 1.39. The average Bonchev–Trinajstić information content (AvgIpc) is 3.16. The molecule has 5 heterocycles. The average molecular weight is 389 g/mol. The van der Waals surface area contributed by atoms with Crippen molar-refractivity contribution in [2.24, 2.45) is 5.41 Å². The quantitative estimate of drug-likeness (QED) is 0.559. The van der Waals surface area contributed by atoms with Crippen molar-refractivity contribution in [3.8, 4) is 22.0 Å². The molecule has 4 aromatic rings. The summed E-state index contributed by atoms with van der Waals surface area (Å²) in [6, 6.07) is 8.35. The molecule has 0 amide bonds. The van der Waals surface area contributed by atoms with Crippen molar-refractivity contribution in [2.75, 3.05) is 18.0 Å². The first-order valence-corrected chi connectivity index (χ1v) is 10.6. The number of fused-ring (bicyclic) bond motifs is 1. The Hall–Kier alpha value is -2.80. The van der Waals surface area contributed by atoms with Crippen LogP contribution in [0.15, 0.2) is 42.2 Å². The largest absolute Gasteiger partial charge is 0.356 e. The van der Waals surface area contributed by atoms with Crippen molar-refractivity contribution >= 4 is 28.1 Å². The predicted octanol–water partition coefficient (Wildman–Crippen LogP) is 4.52. The number of H-pyrrole nitrogens is 1. The second kappa shape index (κ2) is 6.10. The van der Waals surface area contributed by atoms with E-state index in [4.69, 9.17) is 4.98 Å². The van der Waals surface area contributed by atoms with Crippen LogP contribution in [-0.2, 0) is 0 Å². The fraction of sp³-hybridized carbons (Fsp3) is 0.333. The van der Waals surface area contributed by atoms with Gasteiger partial charge >= 0.3 is 0 Å². The molecule has 4 aromatic heterocycles. The Kier molecular flexibility index (Phi) is 3.53. The second-order valence-electron chi connectivity index (χ2n) is 7.96. The molecule has 1 saturated carbocycles. The summed E-state index contributed by atoms with van der Waals surface area (Å²) >= 11 is 1.59. The lowest BCUT2D eigenvalue weighted by Gasteiger charge is -2.34. The van der Waals surface area contributed by atoms with Gasteiger partial charge in [-0.25, -0.2) is 4.98 Å². The van der Waals surface area contributed by atoms with Crippen LogP contribution in [0.1, 0.15) is 25.7 Å². The van der Waals surface area contributed by atoms with Crippen LogP contribution in [0.25, 0.3) is 32.9 Å². The fourth-order valence-corrected chi connectivity index (χ4v) is 4.90. The number of hydrogen-bond donors (Lipinski definition) is 1. The molecule has 6 rings (SSSR count). The zero-order valence-corrected chi connectivity index (χ0v) is 16.2. The normalized spacial score (nSPS) is 18.1. The lowest BCUT2D eigenvalue weighted by molar-refractivity contribution is 0.393. The Morgan fingerprint density at radius 2 is 2.07 bits per heavy atom. The molecule has 1 saturated heterocycles. The van der Waals surface area contributed by atoms with E-state index in [0.717, 1.165) is 51.8 Å². The molecule has 0 aromatic carbocycles. The van der Waals surface area contributed by atoms with Gasteiger partial charge < -0.3 is 4.90 Å². The maximum absolute atomic E-state index is 4.99. The number of rotatable bonds is 3. The molecule has 0 bridgehead atoms. The molecule has 28 heavy (non-hydrogen) atoms. The summed E-state index contributed by atoms with van der Waals surface area (Å²) in [7, 11) is 0. The molecular weight excluding hydrogens is 368 g/mol. The van der Waals surface area contributed by atoms with E-state index in [-0.39, 0.29) is 0 Å². The molecule has 1 aliphatic heterocycles. The number of pyridine rings is 2. The predicted molar refractivity (Wildman–Crippen MR) is 111 cm³/mol. The van der Waals surface area contributed by atoms with E-state index < -0.39 is 0 Å². The van der Waals surface area contributed by atoms with Gasteiger partial charge in [-0.1, -0.05) is 6.07 Å². The van der Waals surface area contributed by atoms with Crippen LogP contribution in [0.5, 0.6) is 0 Å². The number of anilines is 1. The minimum atomic E-state index is 0.574. The Labute approximate surface area is 166 Å². The number of aromatic nitrogens is 5. The zero-order valence-electron chi connectivity index (χ0n) is 15.4. The van der Waals surface area contributed by atoms with Crippen molar-refractivity contribution in [3.05, 3.63) is 42.2 Å². The van der Waals surface area contributed by atoms with Crippen LogP contribution in [0.3, 0.4) is 0 Å². The van der Waals surface area contributed by atoms with Gasteiger partial charge in [0.25, 0.3) is 0 Å². The number of aromatic amines is 1. The Morgan fingerprint density at radius 3 is 2.93 bits per heavy atom. The van der Waals surface area contributed by atoms with Crippen LogP contribution >= 0.6 is 11.3 Å². The lowest BCUT2D eigenvalue weighted by atomic mass is 9.95. The van der Waals surface area contributed by atoms with E-state index in [1.165, 1.54) is 25.7 Å². The van der Waals surface area contributed by atoms with E-state index in [1.54, 1.807) is 11.3 Å². The maximum Gasteiger partial charge on any atom is 0.129 e. The van der Waals surface area contributed by atoms with Crippen LogP contribution in [0, 0.1) is 5.41 Å². The topological polar surface area (TPSA) is 70.6 Å². The van der Waals surface area contributed by atoms with Gasteiger partial charge in [0.05, 0.1) is 33.5 Å². The first-order chi connectivity index (χ1) is 13.8. The standard InChI is InChI=1S/C21H20N6S/c1-3-15(24-19(4-1)27-8-2-5-21(12-27)6-7-21)20-14-9-16(18-11-22-13-28-18)23-10-17(14)25-26-20/h1,3-4,9-11,13H,2,5-8,12H2,(H,25,26). The third-order valence-electron chi connectivity index (χ3n) is 6.05. The molecular formula is C21H20N6S. The molecule has 1 N–H and O–H groups in total. The number of nitrogens with zero attached hydrogens (tertiary/aromatic N) is 5. The summed E-state index contributed by atoms with van der Waals surface area (Å²) in [5.74, 6) is 1.07. The third kappa shape index (κ3) is 2.69. The van der Waals surface area contributed by atoms with Gasteiger partial charge in [-0.2, -0.15) is 5.10 Å². The van der Waals surface area contributed by atoms with Gasteiger partial charge in [0.2, 0.25) is 0 Å². The molecule has 7 heteroatoms. The Bertz CT molecular complexity index is 1140. The first-order valence-electron chi connectivity index (χ1n) is 9.75. The third-order valence-corrected chi connectivity index (χ3v) is 6.85. The van der Waals surface area contributed by atoms with E-state index >= 15 is 0 Å². The Morgan fingerprint density at radius 1 is 1.11 bits per heavy atom. The van der Waals surface area contributed by atoms with Gasteiger partial charge in [-0.15, -0.1) is 11.3 Å². The fourth-order valence-electron chi connectivity index (χ4n) is 4.31. The number of nitrogens with one attached hydrogen (secondary N) is 1. The van der Waals surface area contributed by atoms with Crippen molar-refractivity contribution in [3.63, 3.8) is 0 Å². The van der Waals surface area contributed by atoms with Crippen molar-refractivity contribution < 1.29 is 0 Å². The second-order valence-corrected chi connectivity index (χ2v) is 8.85. The molecule has 2 aliphatic rings. The minimum Gasteiger partial charge on any atom is -0.356 e. The highest BCUT2D eigenvalue weighted by Crippen LogP contribution is 2.52. The van der Waals surface area contributed by atoms with Crippen molar-refractivity contribution in [2.45, 2.75) is 25.7 Å². The highest BCUT2D eigenvalue weighted by Gasteiger charge is 2.45. The minimum absolute atomic E-state index is 0.574.